The zero-order valence-electron chi connectivity index (χ0n) is 14.4. The molecule has 1 aromatic carbocycles. The van der Waals surface area contributed by atoms with Crippen molar-refractivity contribution in [1.82, 2.24) is 9.21 Å². The van der Waals surface area contributed by atoms with Crippen molar-refractivity contribution in [3.63, 3.8) is 0 Å². The van der Waals surface area contributed by atoms with Crippen LogP contribution < -0.4 is 5.73 Å². The number of halogens is 1. The van der Waals surface area contributed by atoms with Crippen LogP contribution >= 0.6 is 12.4 Å². The van der Waals surface area contributed by atoms with Gasteiger partial charge in [-0.25, -0.2) is 8.42 Å². The number of hydrogen-bond acceptors (Lipinski definition) is 4. The molecule has 1 unspecified atom stereocenters. The van der Waals surface area contributed by atoms with Crippen LogP contribution in [0.5, 0.6) is 0 Å². The lowest BCUT2D eigenvalue weighted by Crippen LogP contribution is -2.46. The monoisotopic (exact) mass is 387 g/mol. The van der Waals surface area contributed by atoms with E-state index in [4.69, 9.17) is 5.73 Å². The van der Waals surface area contributed by atoms with Crippen LogP contribution in [0.4, 0.5) is 0 Å². The molecule has 2 saturated heterocycles. The maximum absolute atomic E-state index is 12.8. The fourth-order valence-corrected chi connectivity index (χ4v) is 4.99. The van der Waals surface area contributed by atoms with E-state index in [1.807, 2.05) is 6.92 Å². The number of hydrogen-bond donors (Lipinski definition) is 1. The standard InChI is InChI=1S/C17H25N3O3S.ClH/c1-13-4-6-16(7-5-13)24(22,23)20-9-2-3-14(11-20)17(21)19-10-8-15(18)12-19;/h4-7,14-15H,2-3,8-12,18H2,1H3;1H/t14?,15-;/m1./s1. The van der Waals surface area contributed by atoms with Gasteiger partial charge in [0.25, 0.3) is 0 Å². The van der Waals surface area contributed by atoms with Crippen LogP contribution in [0.1, 0.15) is 24.8 Å². The summed E-state index contributed by atoms with van der Waals surface area (Å²) >= 11 is 0. The first kappa shape index (κ1) is 20.2. The zero-order valence-corrected chi connectivity index (χ0v) is 16.1. The van der Waals surface area contributed by atoms with Crippen LogP contribution in [-0.2, 0) is 14.8 Å². The number of carbonyl (C=O) groups is 1. The summed E-state index contributed by atoms with van der Waals surface area (Å²) in [6.07, 6.45) is 2.27. The SMILES string of the molecule is Cc1ccc(S(=O)(=O)N2CCCC(C(=O)N3CC[C@@H](N)C3)C2)cc1.Cl. The van der Waals surface area contributed by atoms with E-state index in [1.54, 1.807) is 29.2 Å². The lowest BCUT2D eigenvalue weighted by molar-refractivity contribution is -0.135. The zero-order chi connectivity index (χ0) is 17.3. The van der Waals surface area contributed by atoms with Crippen molar-refractivity contribution in [2.45, 2.75) is 37.1 Å². The molecule has 1 aromatic rings. The van der Waals surface area contributed by atoms with Gasteiger partial charge in [0, 0.05) is 32.2 Å². The smallest absolute Gasteiger partial charge is 0.243 e. The Bertz CT molecular complexity index is 708. The Morgan fingerprint density at radius 3 is 2.40 bits per heavy atom. The molecular weight excluding hydrogens is 362 g/mol. The molecule has 8 heteroatoms. The van der Waals surface area contributed by atoms with E-state index in [1.165, 1.54) is 4.31 Å². The second-order valence-corrected chi connectivity index (χ2v) is 8.79. The number of nitrogens with two attached hydrogens (primary N) is 1. The molecule has 2 aliphatic rings. The highest BCUT2D eigenvalue weighted by molar-refractivity contribution is 7.89. The lowest BCUT2D eigenvalue weighted by atomic mass is 9.98. The van der Waals surface area contributed by atoms with Gasteiger partial charge in [0.15, 0.2) is 0 Å². The van der Waals surface area contributed by atoms with Crippen molar-refractivity contribution in [3.8, 4) is 0 Å². The van der Waals surface area contributed by atoms with Crippen molar-refractivity contribution in [2.24, 2.45) is 11.7 Å². The Labute approximate surface area is 155 Å². The first-order valence-electron chi connectivity index (χ1n) is 8.49. The summed E-state index contributed by atoms with van der Waals surface area (Å²) < 4.78 is 27.1. The molecule has 25 heavy (non-hydrogen) atoms. The normalized spacial score (nSPS) is 24.8. The topological polar surface area (TPSA) is 83.7 Å². The van der Waals surface area contributed by atoms with Gasteiger partial charge in [0.2, 0.25) is 15.9 Å². The van der Waals surface area contributed by atoms with E-state index in [2.05, 4.69) is 0 Å². The van der Waals surface area contributed by atoms with Crippen molar-refractivity contribution in [1.29, 1.82) is 0 Å². The Morgan fingerprint density at radius 2 is 1.80 bits per heavy atom. The number of rotatable bonds is 3. The van der Waals surface area contributed by atoms with Crippen LogP contribution in [0.2, 0.25) is 0 Å². The van der Waals surface area contributed by atoms with Gasteiger partial charge in [-0.05, 0) is 38.3 Å². The quantitative estimate of drug-likeness (QED) is 0.849. The molecule has 2 heterocycles. The summed E-state index contributed by atoms with van der Waals surface area (Å²) in [6.45, 7) is 3.92. The van der Waals surface area contributed by atoms with Crippen molar-refractivity contribution in [2.75, 3.05) is 26.2 Å². The number of carbonyl (C=O) groups excluding carboxylic acids is 1. The molecule has 0 saturated carbocycles. The highest BCUT2D eigenvalue weighted by Gasteiger charge is 2.36. The third-order valence-electron chi connectivity index (χ3n) is 4.93. The Hall–Kier alpha value is -1.15. The second kappa shape index (κ2) is 8.03. The molecule has 0 bridgehead atoms. The average molecular weight is 388 g/mol. The number of likely N-dealkylation sites (tertiary alicyclic amines) is 1. The van der Waals surface area contributed by atoms with Crippen LogP contribution in [0.15, 0.2) is 29.2 Å². The fraction of sp³-hybridized carbons (Fsp3) is 0.588. The number of amides is 1. The minimum atomic E-state index is -3.54. The molecule has 1 amide bonds. The molecule has 2 fully saturated rings. The van der Waals surface area contributed by atoms with Gasteiger partial charge in [-0.1, -0.05) is 17.7 Å². The first-order chi connectivity index (χ1) is 11.4. The summed E-state index contributed by atoms with van der Waals surface area (Å²) in [5, 5.41) is 0. The van der Waals surface area contributed by atoms with Gasteiger partial charge >= 0.3 is 0 Å². The number of sulfonamides is 1. The highest BCUT2D eigenvalue weighted by Crippen LogP contribution is 2.26. The largest absolute Gasteiger partial charge is 0.341 e. The Balaban J connectivity index is 0.00000225. The Morgan fingerprint density at radius 1 is 1.12 bits per heavy atom. The van der Waals surface area contributed by atoms with Gasteiger partial charge in [0.05, 0.1) is 10.8 Å². The summed E-state index contributed by atoms with van der Waals surface area (Å²) in [4.78, 5) is 14.7. The summed E-state index contributed by atoms with van der Waals surface area (Å²) in [5.74, 6) is -0.212. The molecule has 140 valence electrons. The van der Waals surface area contributed by atoms with Crippen LogP contribution in [0, 0.1) is 12.8 Å². The van der Waals surface area contributed by atoms with E-state index in [9.17, 15) is 13.2 Å². The predicted octanol–water partition coefficient (Wildman–Crippen LogP) is 1.38. The average Bonchev–Trinajstić information content (AvgIpc) is 3.01. The van der Waals surface area contributed by atoms with Gasteiger partial charge < -0.3 is 10.6 Å². The molecule has 0 aromatic heterocycles. The maximum Gasteiger partial charge on any atom is 0.243 e. The molecule has 2 atom stereocenters. The van der Waals surface area contributed by atoms with Gasteiger partial charge in [-0.3, -0.25) is 4.79 Å². The molecule has 2 N–H and O–H groups in total. The third-order valence-corrected chi connectivity index (χ3v) is 6.81. The van der Waals surface area contributed by atoms with Gasteiger partial charge in [-0.2, -0.15) is 4.31 Å². The van der Waals surface area contributed by atoms with E-state index in [-0.39, 0.29) is 36.8 Å². The fourth-order valence-electron chi connectivity index (χ4n) is 3.47. The minimum Gasteiger partial charge on any atom is -0.341 e. The molecular formula is C17H26ClN3O3S. The number of nitrogens with zero attached hydrogens (tertiary/aromatic N) is 2. The number of benzene rings is 1. The predicted molar refractivity (Wildman–Crippen MR) is 99.1 cm³/mol. The van der Waals surface area contributed by atoms with E-state index < -0.39 is 10.0 Å². The second-order valence-electron chi connectivity index (χ2n) is 6.85. The van der Waals surface area contributed by atoms with E-state index in [0.717, 1.165) is 18.4 Å². The first-order valence-corrected chi connectivity index (χ1v) is 9.93. The van der Waals surface area contributed by atoms with Crippen molar-refractivity contribution in [3.05, 3.63) is 29.8 Å². The third kappa shape index (κ3) is 4.34. The van der Waals surface area contributed by atoms with Crippen molar-refractivity contribution < 1.29 is 13.2 Å². The van der Waals surface area contributed by atoms with Crippen LogP contribution in [0.3, 0.4) is 0 Å². The van der Waals surface area contributed by atoms with Crippen LogP contribution in [0.25, 0.3) is 0 Å². The van der Waals surface area contributed by atoms with E-state index in [0.29, 0.717) is 31.0 Å². The maximum atomic E-state index is 12.8. The summed E-state index contributed by atoms with van der Waals surface area (Å²) in [5.41, 5.74) is 6.90. The van der Waals surface area contributed by atoms with Crippen molar-refractivity contribution >= 4 is 28.3 Å². The molecule has 3 rings (SSSR count). The van der Waals surface area contributed by atoms with E-state index >= 15 is 0 Å². The molecule has 0 radical (unpaired) electrons. The number of aryl methyl sites for hydroxylation is 1. The lowest BCUT2D eigenvalue weighted by Gasteiger charge is -2.33. The molecule has 0 spiro atoms. The summed E-state index contributed by atoms with van der Waals surface area (Å²) in [6, 6.07) is 6.91. The number of piperidine rings is 1. The minimum absolute atomic E-state index is 0. The molecule has 2 aliphatic heterocycles. The van der Waals surface area contributed by atoms with Crippen LogP contribution in [-0.4, -0.2) is 55.8 Å². The molecule has 6 nitrogen and oxygen atoms in total. The summed E-state index contributed by atoms with van der Waals surface area (Å²) in [7, 11) is -3.54. The van der Waals surface area contributed by atoms with Gasteiger partial charge in [-0.15, -0.1) is 12.4 Å². The highest BCUT2D eigenvalue weighted by atomic mass is 35.5. The van der Waals surface area contributed by atoms with Gasteiger partial charge in [0.1, 0.15) is 0 Å². The Kier molecular flexibility index (Phi) is 6.48. The molecule has 0 aliphatic carbocycles.